The minimum atomic E-state index is -0.149. The summed E-state index contributed by atoms with van der Waals surface area (Å²) >= 11 is 0. The summed E-state index contributed by atoms with van der Waals surface area (Å²) in [6, 6.07) is 9.73. The minimum Gasteiger partial charge on any atom is -0.324 e. The monoisotopic (exact) mass is 326 g/mol. The molecular formula is C18H22N4O2. The Morgan fingerprint density at radius 3 is 2.67 bits per heavy atom. The van der Waals surface area contributed by atoms with Crippen LogP contribution < -0.4 is 10.2 Å². The van der Waals surface area contributed by atoms with Crippen LogP contribution in [0.5, 0.6) is 0 Å². The predicted octanol–water partition coefficient (Wildman–Crippen LogP) is 2.97. The summed E-state index contributed by atoms with van der Waals surface area (Å²) in [5.41, 5.74) is 1.51. The van der Waals surface area contributed by atoms with Gasteiger partial charge in [0.25, 0.3) is 0 Å². The molecule has 6 heteroatoms. The number of anilines is 2. The highest BCUT2D eigenvalue weighted by Gasteiger charge is 2.29. The van der Waals surface area contributed by atoms with Gasteiger partial charge in [0, 0.05) is 42.8 Å². The molecule has 2 heterocycles. The molecule has 0 spiro atoms. The number of likely N-dealkylation sites (tertiary alicyclic amines) is 1. The molecule has 3 amide bonds. The first-order valence-electron chi connectivity index (χ1n) is 8.46. The maximum atomic E-state index is 12.4. The van der Waals surface area contributed by atoms with Crippen molar-refractivity contribution < 1.29 is 9.59 Å². The van der Waals surface area contributed by atoms with Crippen molar-refractivity contribution in [2.45, 2.75) is 38.6 Å². The molecule has 1 aromatic carbocycles. The second kappa shape index (κ2) is 6.91. The zero-order chi connectivity index (χ0) is 17.1. The zero-order valence-electron chi connectivity index (χ0n) is 13.9. The van der Waals surface area contributed by atoms with Gasteiger partial charge in [-0.15, -0.1) is 0 Å². The van der Waals surface area contributed by atoms with Gasteiger partial charge in [-0.3, -0.25) is 4.79 Å². The van der Waals surface area contributed by atoms with Crippen molar-refractivity contribution in [2.24, 2.45) is 5.92 Å². The first-order valence-corrected chi connectivity index (χ1v) is 8.46. The molecule has 0 saturated carbocycles. The largest absolute Gasteiger partial charge is 0.324 e. The summed E-state index contributed by atoms with van der Waals surface area (Å²) in [6.45, 7) is 3.24. The van der Waals surface area contributed by atoms with E-state index in [0.29, 0.717) is 25.2 Å². The van der Waals surface area contributed by atoms with Gasteiger partial charge in [-0.2, -0.15) is 5.26 Å². The predicted molar refractivity (Wildman–Crippen MR) is 91.6 cm³/mol. The van der Waals surface area contributed by atoms with E-state index in [1.807, 2.05) is 31.2 Å². The average molecular weight is 326 g/mol. The third-order valence-electron chi connectivity index (χ3n) is 4.83. The van der Waals surface area contributed by atoms with Gasteiger partial charge in [0.15, 0.2) is 0 Å². The van der Waals surface area contributed by atoms with E-state index in [-0.39, 0.29) is 23.9 Å². The lowest BCUT2D eigenvalue weighted by Gasteiger charge is -2.29. The van der Waals surface area contributed by atoms with Crippen LogP contribution in [0.3, 0.4) is 0 Å². The summed E-state index contributed by atoms with van der Waals surface area (Å²) in [5.74, 6) is 0.185. The Labute approximate surface area is 142 Å². The van der Waals surface area contributed by atoms with Crippen LogP contribution in [0, 0.1) is 17.2 Å². The topological polar surface area (TPSA) is 76.4 Å². The number of piperidine rings is 1. The van der Waals surface area contributed by atoms with Crippen LogP contribution in [0.25, 0.3) is 0 Å². The molecule has 2 saturated heterocycles. The van der Waals surface area contributed by atoms with Crippen molar-refractivity contribution in [1.82, 2.24) is 4.90 Å². The number of carbonyl (C=O) groups excluding carboxylic acids is 2. The van der Waals surface area contributed by atoms with Gasteiger partial charge >= 0.3 is 6.03 Å². The fourth-order valence-electron chi connectivity index (χ4n) is 3.37. The summed E-state index contributed by atoms with van der Waals surface area (Å²) in [7, 11) is 0. The van der Waals surface area contributed by atoms with Crippen molar-refractivity contribution in [3.8, 4) is 6.07 Å². The number of rotatable bonds is 2. The molecular weight excluding hydrogens is 304 g/mol. The van der Waals surface area contributed by atoms with E-state index in [1.165, 1.54) is 0 Å². The van der Waals surface area contributed by atoms with Gasteiger partial charge in [-0.1, -0.05) is 6.07 Å². The second-order valence-corrected chi connectivity index (χ2v) is 6.52. The standard InChI is InChI=1S/C18H22N4O2/c1-13-5-6-17(23)22(13)16-4-2-3-15(11-16)20-18(24)21-9-7-14(12-19)8-10-21/h2-4,11,13-14H,5-10H2,1H3,(H,20,24)/t13-/m1/s1. The number of nitrogens with zero attached hydrogens (tertiary/aromatic N) is 3. The summed E-state index contributed by atoms with van der Waals surface area (Å²) in [5, 5.41) is 11.8. The first-order chi connectivity index (χ1) is 11.6. The van der Waals surface area contributed by atoms with Gasteiger partial charge in [0.1, 0.15) is 0 Å². The quantitative estimate of drug-likeness (QED) is 0.907. The molecule has 126 valence electrons. The summed E-state index contributed by atoms with van der Waals surface area (Å²) in [4.78, 5) is 27.9. The van der Waals surface area contributed by atoms with Crippen LogP contribution in [0.4, 0.5) is 16.2 Å². The van der Waals surface area contributed by atoms with Crippen molar-refractivity contribution in [2.75, 3.05) is 23.3 Å². The highest BCUT2D eigenvalue weighted by molar-refractivity contribution is 5.97. The third-order valence-corrected chi connectivity index (χ3v) is 4.83. The second-order valence-electron chi connectivity index (χ2n) is 6.52. The van der Waals surface area contributed by atoms with E-state index >= 15 is 0 Å². The Balaban J connectivity index is 1.66. The van der Waals surface area contributed by atoms with E-state index in [9.17, 15) is 9.59 Å². The molecule has 1 atom stereocenters. The van der Waals surface area contributed by atoms with Crippen molar-refractivity contribution in [3.05, 3.63) is 24.3 Å². The molecule has 0 radical (unpaired) electrons. The normalized spacial score (nSPS) is 21.7. The number of nitriles is 1. The smallest absolute Gasteiger partial charge is 0.321 e. The van der Waals surface area contributed by atoms with Crippen LogP contribution in [-0.2, 0) is 4.79 Å². The molecule has 0 aromatic heterocycles. The fraction of sp³-hybridized carbons (Fsp3) is 0.500. The zero-order valence-corrected chi connectivity index (χ0v) is 13.9. The molecule has 2 fully saturated rings. The van der Waals surface area contributed by atoms with Gasteiger partial charge < -0.3 is 15.1 Å². The lowest BCUT2D eigenvalue weighted by Crippen LogP contribution is -2.40. The fourth-order valence-corrected chi connectivity index (χ4v) is 3.37. The number of carbonyl (C=O) groups is 2. The van der Waals surface area contributed by atoms with Crippen LogP contribution >= 0.6 is 0 Å². The number of urea groups is 1. The third kappa shape index (κ3) is 3.35. The van der Waals surface area contributed by atoms with Crippen LogP contribution in [-0.4, -0.2) is 36.0 Å². The number of hydrogen-bond acceptors (Lipinski definition) is 3. The maximum Gasteiger partial charge on any atom is 0.321 e. The first kappa shape index (κ1) is 16.3. The van der Waals surface area contributed by atoms with Crippen LogP contribution in [0.15, 0.2) is 24.3 Å². The summed E-state index contributed by atoms with van der Waals surface area (Å²) < 4.78 is 0. The minimum absolute atomic E-state index is 0.0556. The van der Waals surface area contributed by atoms with E-state index in [0.717, 1.165) is 24.9 Å². The number of hydrogen-bond donors (Lipinski definition) is 1. The highest BCUT2D eigenvalue weighted by Crippen LogP contribution is 2.28. The van der Waals surface area contributed by atoms with E-state index in [4.69, 9.17) is 5.26 Å². The maximum absolute atomic E-state index is 12.4. The molecule has 2 aliphatic heterocycles. The molecule has 0 aliphatic carbocycles. The average Bonchev–Trinajstić information content (AvgIpc) is 2.94. The van der Waals surface area contributed by atoms with E-state index in [2.05, 4.69) is 11.4 Å². The number of amides is 3. The van der Waals surface area contributed by atoms with Gasteiger partial charge in [0.05, 0.1) is 6.07 Å². The molecule has 24 heavy (non-hydrogen) atoms. The SMILES string of the molecule is C[C@@H]1CCC(=O)N1c1cccc(NC(=O)N2CCC(C#N)CC2)c1. The van der Waals surface area contributed by atoms with E-state index < -0.39 is 0 Å². The van der Waals surface area contributed by atoms with Gasteiger partial charge in [0.2, 0.25) is 5.91 Å². The molecule has 0 unspecified atom stereocenters. The molecule has 1 N–H and O–H groups in total. The van der Waals surface area contributed by atoms with Gasteiger partial charge in [-0.05, 0) is 44.4 Å². The Morgan fingerprint density at radius 2 is 2.04 bits per heavy atom. The molecule has 2 aliphatic rings. The highest BCUT2D eigenvalue weighted by atomic mass is 16.2. The van der Waals surface area contributed by atoms with Crippen LogP contribution in [0.2, 0.25) is 0 Å². The number of benzene rings is 1. The molecule has 6 nitrogen and oxygen atoms in total. The Kier molecular flexibility index (Phi) is 4.70. The van der Waals surface area contributed by atoms with Crippen LogP contribution in [0.1, 0.15) is 32.6 Å². The lowest BCUT2D eigenvalue weighted by atomic mass is 9.99. The van der Waals surface area contributed by atoms with Crippen molar-refractivity contribution >= 4 is 23.3 Å². The Bertz CT molecular complexity index is 674. The lowest BCUT2D eigenvalue weighted by molar-refractivity contribution is -0.117. The van der Waals surface area contributed by atoms with Crippen molar-refractivity contribution in [3.63, 3.8) is 0 Å². The molecule has 3 rings (SSSR count). The van der Waals surface area contributed by atoms with E-state index in [1.54, 1.807) is 9.80 Å². The van der Waals surface area contributed by atoms with Crippen molar-refractivity contribution in [1.29, 1.82) is 5.26 Å². The Morgan fingerprint density at radius 1 is 1.29 bits per heavy atom. The molecule has 1 aromatic rings. The van der Waals surface area contributed by atoms with Gasteiger partial charge in [-0.25, -0.2) is 4.79 Å². The molecule has 0 bridgehead atoms. The Hall–Kier alpha value is -2.55. The summed E-state index contributed by atoms with van der Waals surface area (Å²) in [6.07, 6.45) is 2.89. The number of nitrogens with one attached hydrogen (secondary N) is 1.